The van der Waals surface area contributed by atoms with Crippen LogP contribution in [0.3, 0.4) is 0 Å². The van der Waals surface area contributed by atoms with Crippen molar-refractivity contribution in [2.45, 2.75) is 24.8 Å². The van der Waals surface area contributed by atoms with E-state index in [-0.39, 0.29) is 34.6 Å². The number of nitrogens with one attached hydrogen (secondary N) is 1. The number of hydrogen-bond donors (Lipinski definition) is 2. The average molecular weight is 442 g/mol. The molecule has 0 fully saturated rings. The summed E-state index contributed by atoms with van der Waals surface area (Å²) in [5, 5.41) is 24.4. The van der Waals surface area contributed by atoms with E-state index in [1.54, 1.807) is 62.4 Å². The molecular weight excluding hydrogens is 418 g/mol. The second kappa shape index (κ2) is 9.05. The first-order valence-electron chi connectivity index (χ1n) is 9.65. The Hall–Kier alpha value is -3.59. The van der Waals surface area contributed by atoms with Crippen LogP contribution in [-0.2, 0) is 10.0 Å². The van der Waals surface area contributed by atoms with E-state index >= 15 is 0 Å². The molecule has 31 heavy (non-hydrogen) atoms. The van der Waals surface area contributed by atoms with Crippen LogP contribution in [0.4, 0.5) is 17.1 Å². The van der Waals surface area contributed by atoms with Crippen LogP contribution in [0.15, 0.2) is 77.7 Å². The van der Waals surface area contributed by atoms with Gasteiger partial charge in [-0.3, -0.25) is 14.4 Å². The van der Waals surface area contributed by atoms with Gasteiger partial charge in [-0.25, -0.2) is 8.42 Å². The highest BCUT2D eigenvalue weighted by atomic mass is 32.2. The Kier molecular flexibility index (Phi) is 6.45. The molecule has 2 N–H and O–H groups in total. The van der Waals surface area contributed by atoms with Crippen LogP contribution in [0.2, 0.25) is 0 Å². The number of nitro benzene ring substituents is 1. The minimum Gasteiger partial charge on any atom is -0.508 e. The van der Waals surface area contributed by atoms with Crippen molar-refractivity contribution in [3.05, 3.63) is 88.5 Å². The lowest BCUT2D eigenvalue weighted by Gasteiger charge is -2.23. The van der Waals surface area contributed by atoms with E-state index in [2.05, 4.69) is 5.32 Å². The van der Waals surface area contributed by atoms with Gasteiger partial charge in [-0.1, -0.05) is 30.3 Å². The molecule has 0 aliphatic carbocycles. The average Bonchev–Trinajstić information content (AvgIpc) is 2.74. The quantitative estimate of drug-likeness (QED) is 0.387. The van der Waals surface area contributed by atoms with Crippen molar-refractivity contribution >= 4 is 27.1 Å². The van der Waals surface area contributed by atoms with E-state index in [1.807, 2.05) is 0 Å². The largest absolute Gasteiger partial charge is 0.508 e. The molecule has 0 aliphatic rings. The number of phenolic OH excluding ortho intramolecular Hbond substituents is 1. The summed E-state index contributed by atoms with van der Waals surface area (Å²) in [6.45, 7) is 3.66. The second-order valence-corrected chi connectivity index (χ2v) is 8.76. The molecule has 162 valence electrons. The van der Waals surface area contributed by atoms with E-state index < -0.39 is 14.9 Å². The number of para-hydroxylation sites is 1. The maximum Gasteiger partial charge on any atom is 0.293 e. The summed E-state index contributed by atoms with van der Waals surface area (Å²) < 4.78 is 27.6. The zero-order valence-corrected chi connectivity index (χ0v) is 17.9. The third-order valence-electron chi connectivity index (χ3n) is 4.83. The van der Waals surface area contributed by atoms with Gasteiger partial charge in [-0.2, -0.15) is 0 Å². The van der Waals surface area contributed by atoms with Gasteiger partial charge in [0.2, 0.25) is 0 Å². The lowest BCUT2D eigenvalue weighted by molar-refractivity contribution is -0.384. The predicted molar refractivity (Wildman–Crippen MR) is 120 cm³/mol. The summed E-state index contributed by atoms with van der Waals surface area (Å²) in [5.41, 5.74) is 1.04. The van der Waals surface area contributed by atoms with E-state index in [4.69, 9.17) is 0 Å². The first kappa shape index (κ1) is 22.1. The van der Waals surface area contributed by atoms with Gasteiger partial charge in [0.15, 0.2) is 0 Å². The molecular formula is C22H23N3O5S. The highest BCUT2D eigenvalue weighted by molar-refractivity contribution is 7.92. The van der Waals surface area contributed by atoms with Crippen molar-refractivity contribution in [1.29, 1.82) is 0 Å². The number of nitro groups is 1. The maximum absolute atomic E-state index is 13.2. The molecule has 0 bridgehead atoms. The highest BCUT2D eigenvalue weighted by Gasteiger charge is 2.27. The predicted octanol–water partition coefficient (Wildman–Crippen LogP) is 4.69. The van der Waals surface area contributed by atoms with Gasteiger partial charge in [0.1, 0.15) is 11.4 Å². The van der Waals surface area contributed by atoms with Crippen LogP contribution < -0.4 is 9.62 Å². The number of hydrogen-bond acceptors (Lipinski definition) is 6. The molecule has 0 saturated heterocycles. The van der Waals surface area contributed by atoms with Crippen molar-refractivity contribution in [3.8, 4) is 5.75 Å². The van der Waals surface area contributed by atoms with Gasteiger partial charge in [-0.15, -0.1) is 0 Å². The van der Waals surface area contributed by atoms with Crippen LogP contribution >= 0.6 is 0 Å². The Bertz CT molecular complexity index is 1180. The monoisotopic (exact) mass is 441 g/mol. The molecule has 0 saturated carbocycles. The van der Waals surface area contributed by atoms with Crippen molar-refractivity contribution in [3.63, 3.8) is 0 Å². The Morgan fingerprint density at radius 2 is 1.77 bits per heavy atom. The third-order valence-corrected chi connectivity index (χ3v) is 6.73. The van der Waals surface area contributed by atoms with E-state index in [1.165, 1.54) is 22.5 Å². The van der Waals surface area contributed by atoms with E-state index in [9.17, 15) is 23.6 Å². The van der Waals surface area contributed by atoms with Crippen LogP contribution in [0.25, 0.3) is 0 Å². The van der Waals surface area contributed by atoms with Gasteiger partial charge >= 0.3 is 0 Å². The van der Waals surface area contributed by atoms with Crippen LogP contribution in [0.5, 0.6) is 5.75 Å². The number of sulfonamides is 1. The highest BCUT2D eigenvalue weighted by Crippen LogP contribution is 2.33. The van der Waals surface area contributed by atoms with Gasteiger partial charge in [0.05, 0.1) is 15.5 Å². The molecule has 0 radical (unpaired) electrons. The molecule has 0 spiro atoms. The molecule has 8 nitrogen and oxygen atoms in total. The Morgan fingerprint density at radius 1 is 1.06 bits per heavy atom. The van der Waals surface area contributed by atoms with Crippen molar-refractivity contribution in [2.75, 3.05) is 16.2 Å². The van der Waals surface area contributed by atoms with Gasteiger partial charge in [-0.05, 0) is 55.8 Å². The number of benzene rings is 3. The van der Waals surface area contributed by atoms with E-state index in [0.717, 1.165) is 11.6 Å². The van der Waals surface area contributed by atoms with Crippen LogP contribution in [0.1, 0.15) is 25.5 Å². The molecule has 0 amide bonds. The normalized spacial score (nSPS) is 12.2. The molecule has 0 aromatic heterocycles. The molecule has 3 aromatic rings. The molecule has 3 aromatic carbocycles. The van der Waals surface area contributed by atoms with Gasteiger partial charge in [0.25, 0.3) is 15.7 Å². The second-order valence-electron chi connectivity index (χ2n) is 6.90. The molecule has 0 unspecified atom stereocenters. The molecule has 3 rings (SSSR count). The fraction of sp³-hybridized carbons (Fsp3) is 0.182. The third kappa shape index (κ3) is 4.77. The summed E-state index contributed by atoms with van der Waals surface area (Å²) in [6.07, 6.45) is 0. The number of rotatable bonds is 8. The lowest BCUT2D eigenvalue weighted by atomic mass is 10.1. The lowest BCUT2D eigenvalue weighted by Crippen LogP contribution is -2.30. The Balaban J connectivity index is 1.97. The van der Waals surface area contributed by atoms with E-state index in [0.29, 0.717) is 5.69 Å². The molecule has 9 heteroatoms. The van der Waals surface area contributed by atoms with Crippen LogP contribution in [0, 0.1) is 10.1 Å². The number of nitrogens with zero attached hydrogens (tertiary/aromatic N) is 2. The first-order valence-corrected chi connectivity index (χ1v) is 11.1. The number of anilines is 2. The topological polar surface area (TPSA) is 113 Å². The SMILES string of the molecule is CCN(c1ccccc1)S(=O)(=O)c1ccc(N[C@H](C)c2cccc(O)c2)c([N+](=O)[O-])c1. The molecule has 1 atom stereocenters. The summed E-state index contributed by atoms with van der Waals surface area (Å²) >= 11 is 0. The summed E-state index contributed by atoms with van der Waals surface area (Å²) in [5.74, 6) is 0.0858. The van der Waals surface area contributed by atoms with Crippen molar-refractivity contribution < 1.29 is 18.4 Å². The molecule has 0 heterocycles. The van der Waals surface area contributed by atoms with Crippen LogP contribution in [-0.4, -0.2) is 25.0 Å². The minimum absolute atomic E-state index is 0.0858. The summed E-state index contributed by atoms with van der Waals surface area (Å²) in [7, 11) is -4.00. The number of phenols is 1. The fourth-order valence-electron chi connectivity index (χ4n) is 3.27. The zero-order valence-electron chi connectivity index (χ0n) is 17.1. The first-order chi connectivity index (χ1) is 14.7. The zero-order chi connectivity index (χ0) is 22.6. The minimum atomic E-state index is -4.00. The van der Waals surface area contributed by atoms with Gasteiger partial charge < -0.3 is 10.4 Å². The maximum atomic E-state index is 13.2. The summed E-state index contributed by atoms with van der Waals surface area (Å²) in [6, 6.07) is 18.6. The standard InChI is InChI=1S/C22H23N3O5S/c1-3-24(18-9-5-4-6-10-18)31(29,30)20-12-13-21(22(15-20)25(27)28)23-16(2)17-8-7-11-19(26)14-17/h4-16,23,26H,3H2,1-2H3/t16-/m1/s1. The van der Waals surface area contributed by atoms with Gasteiger partial charge in [0, 0.05) is 18.7 Å². The Morgan fingerprint density at radius 3 is 2.39 bits per heavy atom. The smallest absolute Gasteiger partial charge is 0.293 e. The van der Waals surface area contributed by atoms with Crippen molar-refractivity contribution in [1.82, 2.24) is 0 Å². The molecule has 0 aliphatic heterocycles. The summed E-state index contributed by atoms with van der Waals surface area (Å²) in [4.78, 5) is 10.9. The fourth-order valence-corrected chi connectivity index (χ4v) is 4.76. The Labute approximate surface area is 181 Å². The van der Waals surface area contributed by atoms with Crippen molar-refractivity contribution in [2.24, 2.45) is 0 Å². The number of aromatic hydroxyl groups is 1.